The number of carbonyl (C=O) groups excluding carboxylic acids is 1. The normalized spacial score (nSPS) is 25.4. The lowest BCUT2D eigenvalue weighted by atomic mass is 9.87. The van der Waals surface area contributed by atoms with E-state index in [2.05, 4.69) is 10.6 Å². The van der Waals surface area contributed by atoms with Crippen molar-refractivity contribution < 1.29 is 18.7 Å². The van der Waals surface area contributed by atoms with Gasteiger partial charge in [-0.15, -0.1) is 0 Å². The minimum absolute atomic E-state index is 0.0826. The first-order valence-electron chi connectivity index (χ1n) is 7.51. The molecule has 2 saturated carbocycles. The van der Waals surface area contributed by atoms with E-state index in [1.807, 2.05) is 0 Å². The number of halogens is 2. The Morgan fingerprint density at radius 3 is 2.30 bits per heavy atom. The largest absolute Gasteiger partial charge is 0.388 e. The lowest BCUT2D eigenvalue weighted by Crippen LogP contribution is -2.46. The van der Waals surface area contributed by atoms with Gasteiger partial charge in [0.25, 0.3) is 0 Å². The number of aliphatic hydroxyl groups is 1. The number of hydrogen-bond donors (Lipinski definition) is 3. The summed E-state index contributed by atoms with van der Waals surface area (Å²) >= 11 is 0. The highest BCUT2D eigenvalue weighted by molar-refractivity contribution is 5.73. The van der Waals surface area contributed by atoms with Gasteiger partial charge in [-0.2, -0.15) is 0 Å². The Hall–Kier alpha value is -0.910. The Morgan fingerprint density at radius 1 is 1.10 bits per heavy atom. The Bertz CT molecular complexity index is 334. The summed E-state index contributed by atoms with van der Waals surface area (Å²) in [6, 6.07) is -0.317. The van der Waals surface area contributed by atoms with Gasteiger partial charge in [-0.1, -0.05) is 12.8 Å². The minimum Gasteiger partial charge on any atom is -0.388 e. The number of alkyl halides is 2. The molecule has 2 rings (SSSR count). The monoisotopic (exact) mass is 290 g/mol. The summed E-state index contributed by atoms with van der Waals surface area (Å²) in [5.74, 6) is -2.39. The summed E-state index contributed by atoms with van der Waals surface area (Å²) < 4.78 is 26.0. The molecule has 0 bridgehead atoms. The standard InChI is InChI=1S/C14H24F2N2O2/c15-14(16)7-3-11(4-8-14)9-17-12(19)18-10-13(20)5-1-2-6-13/h11,20H,1-10H2,(H2,17,18,19). The second-order valence-electron chi connectivity index (χ2n) is 6.29. The van der Waals surface area contributed by atoms with Crippen LogP contribution >= 0.6 is 0 Å². The Balaban J connectivity index is 1.61. The van der Waals surface area contributed by atoms with E-state index in [0.29, 0.717) is 19.4 Å². The molecule has 3 N–H and O–H groups in total. The van der Waals surface area contributed by atoms with Gasteiger partial charge in [0.05, 0.1) is 5.60 Å². The molecule has 0 unspecified atom stereocenters. The van der Waals surface area contributed by atoms with Gasteiger partial charge in [-0.25, -0.2) is 13.6 Å². The molecule has 0 aromatic carbocycles. The quantitative estimate of drug-likeness (QED) is 0.744. The minimum atomic E-state index is -2.52. The summed E-state index contributed by atoms with van der Waals surface area (Å²) in [7, 11) is 0. The highest BCUT2D eigenvalue weighted by atomic mass is 19.3. The Labute approximate surface area is 118 Å². The molecule has 0 spiro atoms. The molecule has 0 heterocycles. The fourth-order valence-corrected chi connectivity index (χ4v) is 3.06. The van der Waals surface area contributed by atoms with Crippen molar-refractivity contribution in [2.45, 2.75) is 62.9 Å². The molecule has 2 fully saturated rings. The zero-order valence-corrected chi connectivity index (χ0v) is 11.8. The van der Waals surface area contributed by atoms with Crippen LogP contribution in [0.3, 0.4) is 0 Å². The molecule has 0 radical (unpaired) electrons. The summed E-state index contributed by atoms with van der Waals surface area (Å²) in [6.45, 7) is 0.696. The summed E-state index contributed by atoms with van der Waals surface area (Å²) in [4.78, 5) is 11.6. The van der Waals surface area contributed by atoms with Crippen LogP contribution in [0.4, 0.5) is 13.6 Å². The molecule has 116 valence electrons. The number of amides is 2. The maximum atomic E-state index is 13.0. The lowest BCUT2D eigenvalue weighted by Gasteiger charge is -2.28. The zero-order valence-electron chi connectivity index (χ0n) is 11.8. The number of hydrogen-bond acceptors (Lipinski definition) is 2. The van der Waals surface area contributed by atoms with Crippen LogP contribution in [-0.4, -0.2) is 35.8 Å². The topological polar surface area (TPSA) is 61.4 Å². The Morgan fingerprint density at radius 2 is 1.70 bits per heavy atom. The second kappa shape index (κ2) is 6.24. The van der Waals surface area contributed by atoms with Crippen LogP contribution in [0.2, 0.25) is 0 Å². The third-order valence-corrected chi connectivity index (χ3v) is 4.50. The van der Waals surface area contributed by atoms with Gasteiger partial charge in [0.15, 0.2) is 0 Å². The van der Waals surface area contributed by atoms with Crippen LogP contribution in [0, 0.1) is 5.92 Å². The maximum Gasteiger partial charge on any atom is 0.314 e. The molecule has 0 aromatic rings. The van der Waals surface area contributed by atoms with E-state index >= 15 is 0 Å². The third kappa shape index (κ3) is 4.58. The second-order valence-corrected chi connectivity index (χ2v) is 6.29. The van der Waals surface area contributed by atoms with Gasteiger partial charge in [-0.05, 0) is 31.6 Å². The first kappa shape index (κ1) is 15.5. The number of nitrogens with one attached hydrogen (secondary N) is 2. The van der Waals surface area contributed by atoms with Gasteiger partial charge in [0, 0.05) is 25.9 Å². The summed E-state index contributed by atoms with van der Waals surface area (Å²) in [5, 5.41) is 15.5. The summed E-state index contributed by atoms with van der Waals surface area (Å²) in [6.07, 6.45) is 4.19. The average molecular weight is 290 g/mol. The fraction of sp³-hybridized carbons (Fsp3) is 0.929. The van der Waals surface area contributed by atoms with Crippen LogP contribution in [0.15, 0.2) is 0 Å². The van der Waals surface area contributed by atoms with Crippen molar-refractivity contribution in [3.63, 3.8) is 0 Å². The maximum absolute atomic E-state index is 13.0. The van der Waals surface area contributed by atoms with Gasteiger partial charge in [0.1, 0.15) is 0 Å². The van der Waals surface area contributed by atoms with E-state index in [9.17, 15) is 18.7 Å². The van der Waals surface area contributed by atoms with Crippen molar-refractivity contribution in [1.29, 1.82) is 0 Å². The van der Waals surface area contributed by atoms with Crippen molar-refractivity contribution in [3.8, 4) is 0 Å². The summed E-state index contributed by atoms with van der Waals surface area (Å²) in [5.41, 5.74) is -0.760. The smallest absolute Gasteiger partial charge is 0.314 e. The first-order chi connectivity index (χ1) is 9.39. The molecular formula is C14H24F2N2O2. The average Bonchev–Trinajstić information content (AvgIpc) is 2.83. The first-order valence-corrected chi connectivity index (χ1v) is 7.51. The van der Waals surface area contributed by atoms with Gasteiger partial charge in [0.2, 0.25) is 5.92 Å². The molecule has 2 aliphatic rings. The van der Waals surface area contributed by atoms with Gasteiger partial charge in [-0.3, -0.25) is 0 Å². The SMILES string of the molecule is O=C(NCC1CCC(F)(F)CC1)NCC1(O)CCCC1. The molecule has 0 atom stereocenters. The van der Waals surface area contributed by atoms with E-state index in [4.69, 9.17) is 0 Å². The Kier molecular flexibility index (Phi) is 4.83. The van der Waals surface area contributed by atoms with E-state index in [1.54, 1.807) is 0 Å². The van der Waals surface area contributed by atoms with Crippen molar-refractivity contribution in [1.82, 2.24) is 10.6 Å². The molecule has 4 nitrogen and oxygen atoms in total. The van der Waals surface area contributed by atoms with Crippen LogP contribution in [0.5, 0.6) is 0 Å². The van der Waals surface area contributed by atoms with Crippen molar-refractivity contribution in [2.24, 2.45) is 5.92 Å². The number of rotatable bonds is 4. The molecule has 0 aliphatic heterocycles. The molecule has 0 saturated heterocycles. The molecule has 2 aliphatic carbocycles. The molecule has 20 heavy (non-hydrogen) atoms. The van der Waals surface area contributed by atoms with Crippen molar-refractivity contribution in [2.75, 3.05) is 13.1 Å². The van der Waals surface area contributed by atoms with E-state index in [1.165, 1.54) is 0 Å². The van der Waals surface area contributed by atoms with Gasteiger partial charge >= 0.3 is 6.03 Å². The van der Waals surface area contributed by atoms with Crippen molar-refractivity contribution >= 4 is 6.03 Å². The number of urea groups is 1. The highest BCUT2D eigenvalue weighted by Crippen LogP contribution is 2.35. The van der Waals surface area contributed by atoms with E-state index in [-0.39, 0.29) is 31.3 Å². The van der Waals surface area contributed by atoms with Crippen LogP contribution in [0.1, 0.15) is 51.4 Å². The van der Waals surface area contributed by atoms with E-state index in [0.717, 1.165) is 25.7 Å². The van der Waals surface area contributed by atoms with Crippen LogP contribution in [-0.2, 0) is 0 Å². The lowest BCUT2D eigenvalue weighted by molar-refractivity contribution is -0.0452. The molecule has 0 aromatic heterocycles. The zero-order chi connectivity index (χ0) is 14.6. The van der Waals surface area contributed by atoms with Gasteiger partial charge < -0.3 is 15.7 Å². The third-order valence-electron chi connectivity index (χ3n) is 4.50. The molecular weight excluding hydrogens is 266 g/mol. The van der Waals surface area contributed by atoms with Crippen LogP contribution in [0.25, 0.3) is 0 Å². The van der Waals surface area contributed by atoms with Crippen molar-refractivity contribution in [3.05, 3.63) is 0 Å². The number of carbonyl (C=O) groups is 1. The molecule has 6 heteroatoms. The highest BCUT2D eigenvalue weighted by Gasteiger charge is 2.35. The van der Waals surface area contributed by atoms with Crippen LogP contribution < -0.4 is 10.6 Å². The predicted octanol–water partition coefficient (Wildman–Crippen LogP) is 2.42. The van der Waals surface area contributed by atoms with E-state index < -0.39 is 11.5 Å². The molecule has 2 amide bonds. The fourth-order valence-electron chi connectivity index (χ4n) is 3.06. The predicted molar refractivity (Wildman–Crippen MR) is 71.7 cm³/mol.